The zero-order valence-corrected chi connectivity index (χ0v) is 13.7. The monoisotopic (exact) mass is 338 g/mol. The lowest BCUT2D eigenvalue weighted by atomic mass is 9.92. The Morgan fingerprint density at radius 1 is 1.20 bits per heavy atom. The Morgan fingerprint density at radius 3 is 2.64 bits per heavy atom. The van der Waals surface area contributed by atoms with Crippen LogP contribution in [-0.2, 0) is 16.9 Å². The van der Waals surface area contributed by atoms with Gasteiger partial charge in [-0.1, -0.05) is 35.5 Å². The molecule has 3 rings (SSSR count). The lowest BCUT2D eigenvalue weighted by Gasteiger charge is -2.23. The van der Waals surface area contributed by atoms with Crippen LogP contribution >= 0.6 is 0 Å². The first kappa shape index (κ1) is 16.8. The number of hydrogen-bond donors (Lipinski definition) is 2. The van der Waals surface area contributed by atoms with E-state index < -0.39 is 5.60 Å². The van der Waals surface area contributed by atoms with Crippen LogP contribution in [0.25, 0.3) is 11.4 Å². The molecular formula is C18H18N4O3. The lowest BCUT2D eigenvalue weighted by molar-refractivity contribution is -0.126. The van der Waals surface area contributed by atoms with Gasteiger partial charge in [0.05, 0.1) is 18.6 Å². The Hall–Kier alpha value is -3.06. The normalized spacial score (nSPS) is 13.2. The van der Waals surface area contributed by atoms with E-state index in [-0.39, 0.29) is 18.9 Å². The molecule has 2 heterocycles. The van der Waals surface area contributed by atoms with Crippen molar-refractivity contribution in [1.82, 2.24) is 20.4 Å². The van der Waals surface area contributed by atoms with Crippen molar-refractivity contribution in [3.8, 4) is 11.4 Å². The Kier molecular flexibility index (Phi) is 4.85. The van der Waals surface area contributed by atoms with Gasteiger partial charge < -0.3 is 14.9 Å². The number of nitrogens with one attached hydrogen (secondary N) is 1. The number of aromatic nitrogens is 3. The van der Waals surface area contributed by atoms with Crippen LogP contribution < -0.4 is 5.32 Å². The number of hydrogen-bond acceptors (Lipinski definition) is 6. The minimum atomic E-state index is -1.25. The first-order valence-corrected chi connectivity index (χ1v) is 7.82. The third-order valence-electron chi connectivity index (χ3n) is 3.74. The van der Waals surface area contributed by atoms with E-state index in [4.69, 9.17) is 4.52 Å². The van der Waals surface area contributed by atoms with Crippen LogP contribution in [0.2, 0.25) is 0 Å². The van der Waals surface area contributed by atoms with Gasteiger partial charge in [0.15, 0.2) is 0 Å². The van der Waals surface area contributed by atoms with Crippen molar-refractivity contribution in [2.75, 3.05) is 0 Å². The maximum atomic E-state index is 12.1. The molecule has 1 aromatic carbocycles. The summed E-state index contributed by atoms with van der Waals surface area (Å²) in [4.78, 5) is 20.3. The van der Waals surface area contributed by atoms with E-state index in [0.29, 0.717) is 17.3 Å². The van der Waals surface area contributed by atoms with Crippen LogP contribution in [0.3, 0.4) is 0 Å². The highest BCUT2D eigenvalue weighted by Gasteiger charge is 2.26. The molecule has 2 N–H and O–H groups in total. The van der Waals surface area contributed by atoms with Gasteiger partial charge in [-0.3, -0.25) is 9.78 Å². The second-order valence-electron chi connectivity index (χ2n) is 5.84. The second kappa shape index (κ2) is 7.23. The third-order valence-corrected chi connectivity index (χ3v) is 3.74. The summed E-state index contributed by atoms with van der Waals surface area (Å²) in [5.74, 6) is 0.417. The van der Waals surface area contributed by atoms with Gasteiger partial charge >= 0.3 is 0 Å². The SMILES string of the molecule is CC(O)(CC(=O)NCc1nc(-c2ccncc2)no1)c1ccccc1. The number of carbonyl (C=O) groups is 1. The van der Waals surface area contributed by atoms with Crippen molar-refractivity contribution < 1.29 is 14.4 Å². The molecule has 0 aliphatic carbocycles. The number of pyridine rings is 1. The van der Waals surface area contributed by atoms with E-state index in [0.717, 1.165) is 5.56 Å². The molecule has 1 amide bonds. The highest BCUT2D eigenvalue weighted by atomic mass is 16.5. The number of benzene rings is 1. The van der Waals surface area contributed by atoms with Crippen molar-refractivity contribution in [2.45, 2.75) is 25.5 Å². The minimum Gasteiger partial charge on any atom is -0.385 e. The molecule has 7 nitrogen and oxygen atoms in total. The summed E-state index contributed by atoms with van der Waals surface area (Å²) in [6, 6.07) is 12.6. The second-order valence-corrected chi connectivity index (χ2v) is 5.84. The fraction of sp³-hybridized carbons (Fsp3) is 0.222. The van der Waals surface area contributed by atoms with Gasteiger partial charge in [-0.25, -0.2) is 0 Å². The summed E-state index contributed by atoms with van der Waals surface area (Å²) in [6.45, 7) is 1.71. The predicted molar refractivity (Wildman–Crippen MR) is 90.0 cm³/mol. The molecule has 0 saturated carbocycles. The number of aliphatic hydroxyl groups is 1. The van der Waals surface area contributed by atoms with Crippen LogP contribution in [-0.4, -0.2) is 26.1 Å². The molecule has 0 aliphatic rings. The lowest BCUT2D eigenvalue weighted by Crippen LogP contribution is -2.32. The smallest absolute Gasteiger partial charge is 0.246 e. The van der Waals surface area contributed by atoms with Gasteiger partial charge in [0, 0.05) is 18.0 Å². The molecule has 1 atom stereocenters. The standard InChI is InChI=1S/C18H18N4O3/c1-18(24,14-5-3-2-4-6-14)11-15(23)20-12-16-21-17(22-25-16)13-7-9-19-10-8-13/h2-10,24H,11-12H2,1H3,(H,20,23). The summed E-state index contributed by atoms with van der Waals surface area (Å²) in [5.41, 5.74) is 0.216. The number of rotatable bonds is 6. The van der Waals surface area contributed by atoms with E-state index in [1.165, 1.54) is 0 Å². The van der Waals surface area contributed by atoms with Crippen LogP contribution in [0.1, 0.15) is 24.8 Å². The molecule has 1 unspecified atom stereocenters. The van der Waals surface area contributed by atoms with E-state index in [2.05, 4.69) is 20.4 Å². The molecule has 0 spiro atoms. The van der Waals surface area contributed by atoms with E-state index >= 15 is 0 Å². The predicted octanol–water partition coefficient (Wildman–Crippen LogP) is 2.05. The van der Waals surface area contributed by atoms with Crippen LogP contribution in [0.5, 0.6) is 0 Å². The summed E-state index contributed by atoms with van der Waals surface area (Å²) in [6.07, 6.45) is 3.21. The zero-order valence-electron chi connectivity index (χ0n) is 13.7. The van der Waals surface area contributed by atoms with Crippen LogP contribution in [0, 0.1) is 0 Å². The fourth-order valence-electron chi connectivity index (χ4n) is 2.39. The van der Waals surface area contributed by atoms with E-state index in [9.17, 15) is 9.90 Å². The maximum absolute atomic E-state index is 12.1. The number of amides is 1. The van der Waals surface area contributed by atoms with Gasteiger partial charge in [0.25, 0.3) is 0 Å². The quantitative estimate of drug-likeness (QED) is 0.713. The molecule has 0 saturated heterocycles. The van der Waals surface area contributed by atoms with Gasteiger partial charge in [-0.15, -0.1) is 0 Å². The Bertz CT molecular complexity index is 832. The molecule has 7 heteroatoms. The minimum absolute atomic E-state index is 0.0671. The van der Waals surface area contributed by atoms with Gasteiger partial charge in [0.1, 0.15) is 0 Å². The highest BCUT2D eigenvalue weighted by molar-refractivity contribution is 5.77. The summed E-state index contributed by atoms with van der Waals surface area (Å²) in [7, 11) is 0. The molecule has 3 aromatic rings. The maximum Gasteiger partial charge on any atom is 0.246 e. The Morgan fingerprint density at radius 2 is 1.92 bits per heavy atom. The summed E-state index contributed by atoms with van der Waals surface area (Å²) in [5, 5.41) is 17.0. The van der Waals surface area contributed by atoms with Crippen molar-refractivity contribution in [2.24, 2.45) is 0 Å². The van der Waals surface area contributed by atoms with Gasteiger partial charge in [0.2, 0.25) is 17.6 Å². The number of nitrogens with zero attached hydrogens (tertiary/aromatic N) is 3. The van der Waals surface area contributed by atoms with Crippen molar-refractivity contribution >= 4 is 5.91 Å². The van der Waals surface area contributed by atoms with Crippen molar-refractivity contribution in [1.29, 1.82) is 0 Å². The molecular weight excluding hydrogens is 320 g/mol. The van der Waals surface area contributed by atoms with E-state index in [1.54, 1.807) is 43.6 Å². The average Bonchev–Trinajstić information content (AvgIpc) is 3.10. The molecule has 0 radical (unpaired) electrons. The Balaban J connectivity index is 1.57. The first-order valence-electron chi connectivity index (χ1n) is 7.82. The molecule has 2 aromatic heterocycles. The Labute approximate surface area is 144 Å². The van der Waals surface area contributed by atoms with Crippen LogP contribution in [0.15, 0.2) is 59.4 Å². The fourth-order valence-corrected chi connectivity index (χ4v) is 2.39. The zero-order chi connectivity index (χ0) is 17.7. The molecule has 0 bridgehead atoms. The largest absolute Gasteiger partial charge is 0.385 e. The molecule has 128 valence electrons. The first-order chi connectivity index (χ1) is 12.0. The molecule has 25 heavy (non-hydrogen) atoms. The van der Waals surface area contributed by atoms with Gasteiger partial charge in [-0.05, 0) is 24.6 Å². The van der Waals surface area contributed by atoms with Crippen molar-refractivity contribution in [3.05, 3.63) is 66.3 Å². The topological polar surface area (TPSA) is 101 Å². The summed E-state index contributed by atoms with van der Waals surface area (Å²) < 4.78 is 5.13. The van der Waals surface area contributed by atoms with E-state index in [1.807, 2.05) is 18.2 Å². The van der Waals surface area contributed by atoms with Crippen molar-refractivity contribution in [3.63, 3.8) is 0 Å². The average molecular weight is 338 g/mol. The summed E-state index contributed by atoms with van der Waals surface area (Å²) >= 11 is 0. The number of carbonyl (C=O) groups excluding carboxylic acids is 1. The van der Waals surface area contributed by atoms with Gasteiger partial charge in [-0.2, -0.15) is 4.98 Å². The third kappa shape index (κ3) is 4.27. The van der Waals surface area contributed by atoms with Crippen LogP contribution in [0.4, 0.5) is 0 Å². The molecule has 0 fully saturated rings. The molecule has 0 aliphatic heterocycles. The highest BCUT2D eigenvalue weighted by Crippen LogP contribution is 2.24.